The van der Waals surface area contributed by atoms with Crippen molar-refractivity contribution in [3.63, 3.8) is 0 Å². The molecule has 4 nitrogen and oxygen atoms in total. The summed E-state index contributed by atoms with van der Waals surface area (Å²) < 4.78 is 2.09. The van der Waals surface area contributed by atoms with Gasteiger partial charge in [0.25, 0.3) is 0 Å². The molecule has 0 aliphatic carbocycles. The van der Waals surface area contributed by atoms with E-state index in [1.54, 1.807) is 6.07 Å². The minimum absolute atomic E-state index is 0.0382. The van der Waals surface area contributed by atoms with Gasteiger partial charge >= 0.3 is 0 Å². The Morgan fingerprint density at radius 3 is 2.51 bits per heavy atom. The van der Waals surface area contributed by atoms with Crippen LogP contribution in [-0.4, -0.2) is 28.5 Å². The molecule has 1 saturated heterocycles. The van der Waals surface area contributed by atoms with E-state index in [4.69, 9.17) is 34.8 Å². The zero-order valence-electron chi connectivity index (χ0n) is 21.0. The van der Waals surface area contributed by atoms with Crippen LogP contribution in [0.15, 0.2) is 66.9 Å². The molecule has 1 aliphatic heterocycles. The van der Waals surface area contributed by atoms with Crippen molar-refractivity contribution < 1.29 is 4.79 Å². The lowest BCUT2D eigenvalue weighted by atomic mass is 9.89. The Bertz CT molecular complexity index is 1440. The van der Waals surface area contributed by atoms with E-state index in [1.807, 2.05) is 50.2 Å². The minimum atomic E-state index is -0.0382. The second-order valence-electron chi connectivity index (χ2n) is 10.1. The molecule has 3 aromatic carbocycles. The number of likely N-dealkylation sites (tertiary alicyclic amines) is 1. The third-order valence-corrected chi connectivity index (χ3v) is 8.22. The number of fused-ring (bicyclic) bond motifs is 1. The SMILES string of the molecule is CC(C)C(=O)Nc1cccc(C2CCN(Cc3cn(-c4cccc(Cl)c4Cl)c4cc(Cl)ccc34)CC2)c1. The summed E-state index contributed by atoms with van der Waals surface area (Å²) in [6.07, 6.45) is 4.31. The van der Waals surface area contributed by atoms with Crippen LogP contribution < -0.4 is 5.32 Å². The van der Waals surface area contributed by atoms with Crippen molar-refractivity contribution in [1.82, 2.24) is 9.47 Å². The molecule has 1 aromatic heterocycles. The second kappa shape index (κ2) is 11.1. The number of halogens is 3. The fraction of sp³-hybridized carbons (Fsp3) is 0.300. The highest BCUT2D eigenvalue weighted by Crippen LogP contribution is 2.35. The first-order valence-electron chi connectivity index (χ1n) is 12.7. The predicted octanol–water partition coefficient (Wildman–Crippen LogP) is 8.56. The maximum Gasteiger partial charge on any atom is 0.226 e. The van der Waals surface area contributed by atoms with E-state index in [9.17, 15) is 4.79 Å². The summed E-state index contributed by atoms with van der Waals surface area (Å²) in [7, 11) is 0. The van der Waals surface area contributed by atoms with Crippen LogP contribution in [-0.2, 0) is 11.3 Å². The average Bonchev–Trinajstić information content (AvgIpc) is 3.23. The molecule has 1 N–H and O–H groups in total. The van der Waals surface area contributed by atoms with E-state index in [2.05, 4.69) is 39.2 Å². The Balaban J connectivity index is 1.32. The highest BCUT2D eigenvalue weighted by molar-refractivity contribution is 6.43. The summed E-state index contributed by atoms with van der Waals surface area (Å²) in [5.41, 5.74) is 5.27. The van der Waals surface area contributed by atoms with Crippen LogP contribution in [0.2, 0.25) is 15.1 Å². The van der Waals surface area contributed by atoms with Crippen molar-refractivity contribution in [1.29, 1.82) is 0 Å². The molecular weight excluding hydrogens is 525 g/mol. The number of benzene rings is 3. The summed E-state index contributed by atoms with van der Waals surface area (Å²) in [5, 5.41) is 5.93. The molecule has 5 rings (SSSR count). The monoisotopic (exact) mass is 553 g/mol. The van der Waals surface area contributed by atoms with Gasteiger partial charge in [-0.05, 0) is 79.4 Å². The maximum absolute atomic E-state index is 12.1. The first-order valence-corrected chi connectivity index (χ1v) is 13.8. The molecule has 4 aromatic rings. The third kappa shape index (κ3) is 5.68. The van der Waals surface area contributed by atoms with E-state index in [-0.39, 0.29) is 11.8 Å². The van der Waals surface area contributed by atoms with Gasteiger partial charge < -0.3 is 9.88 Å². The van der Waals surface area contributed by atoms with Crippen LogP contribution in [0, 0.1) is 5.92 Å². The molecule has 0 saturated carbocycles. The molecule has 7 heteroatoms. The van der Waals surface area contributed by atoms with Gasteiger partial charge in [0.2, 0.25) is 5.91 Å². The third-order valence-electron chi connectivity index (χ3n) is 7.17. The number of amides is 1. The summed E-state index contributed by atoms with van der Waals surface area (Å²) >= 11 is 19.3. The molecule has 0 bridgehead atoms. The van der Waals surface area contributed by atoms with E-state index >= 15 is 0 Å². The zero-order chi connectivity index (χ0) is 26.1. The topological polar surface area (TPSA) is 37.3 Å². The lowest BCUT2D eigenvalue weighted by molar-refractivity contribution is -0.118. The number of carbonyl (C=O) groups excluding carboxylic acids is 1. The molecule has 192 valence electrons. The number of nitrogens with zero attached hydrogens (tertiary/aromatic N) is 2. The normalized spacial score (nSPS) is 15.0. The van der Waals surface area contributed by atoms with E-state index < -0.39 is 0 Å². The van der Waals surface area contributed by atoms with Crippen LogP contribution in [0.1, 0.15) is 43.7 Å². The zero-order valence-corrected chi connectivity index (χ0v) is 23.2. The van der Waals surface area contributed by atoms with Gasteiger partial charge in [0.05, 0.1) is 21.2 Å². The minimum Gasteiger partial charge on any atom is -0.326 e. The number of hydrogen-bond donors (Lipinski definition) is 1. The Labute approximate surface area is 233 Å². The summed E-state index contributed by atoms with van der Waals surface area (Å²) in [6, 6.07) is 20.0. The number of aromatic nitrogens is 1. The molecular formula is C30H30Cl3N3O. The smallest absolute Gasteiger partial charge is 0.226 e. The van der Waals surface area contributed by atoms with Gasteiger partial charge in [-0.25, -0.2) is 0 Å². The largest absolute Gasteiger partial charge is 0.326 e. The van der Waals surface area contributed by atoms with E-state index in [0.29, 0.717) is 21.0 Å². The summed E-state index contributed by atoms with van der Waals surface area (Å²) in [6.45, 7) is 6.67. The molecule has 1 amide bonds. The van der Waals surface area contributed by atoms with Crippen molar-refractivity contribution in [2.75, 3.05) is 18.4 Å². The van der Waals surface area contributed by atoms with E-state index in [0.717, 1.165) is 54.8 Å². The maximum atomic E-state index is 12.1. The van der Waals surface area contributed by atoms with Crippen molar-refractivity contribution in [2.24, 2.45) is 5.92 Å². The van der Waals surface area contributed by atoms with Crippen LogP contribution in [0.25, 0.3) is 16.6 Å². The van der Waals surface area contributed by atoms with Gasteiger partial charge in [-0.1, -0.05) is 72.9 Å². The molecule has 2 heterocycles. The van der Waals surface area contributed by atoms with Crippen molar-refractivity contribution in [3.05, 3.63) is 93.1 Å². The molecule has 0 radical (unpaired) electrons. The fourth-order valence-electron chi connectivity index (χ4n) is 5.10. The average molecular weight is 555 g/mol. The van der Waals surface area contributed by atoms with Crippen LogP contribution in [0.3, 0.4) is 0 Å². The highest BCUT2D eigenvalue weighted by Gasteiger charge is 2.23. The molecule has 1 fully saturated rings. The number of rotatable bonds is 6. The summed E-state index contributed by atoms with van der Waals surface area (Å²) in [4.78, 5) is 14.6. The molecule has 1 aliphatic rings. The predicted molar refractivity (Wildman–Crippen MR) is 155 cm³/mol. The van der Waals surface area contributed by atoms with Gasteiger partial charge in [0.15, 0.2) is 0 Å². The Kier molecular flexibility index (Phi) is 7.83. The number of hydrogen-bond acceptors (Lipinski definition) is 2. The lowest BCUT2D eigenvalue weighted by Crippen LogP contribution is -2.32. The molecule has 0 unspecified atom stereocenters. The number of anilines is 1. The van der Waals surface area contributed by atoms with Gasteiger partial charge in [-0.2, -0.15) is 0 Å². The highest BCUT2D eigenvalue weighted by atomic mass is 35.5. The fourth-order valence-corrected chi connectivity index (χ4v) is 5.65. The van der Waals surface area contributed by atoms with Crippen LogP contribution >= 0.6 is 34.8 Å². The van der Waals surface area contributed by atoms with Gasteiger partial charge in [0, 0.05) is 34.8 Å². The quantitative estimate of drug-likeness (QED) is 0.259. The Hall–Kier alpha value is -2.50. The van der Waals surface area contributed by atoms with Crippen molar-refractivity contribution >= 4 is 57.3 Å². The first kappa shape index (κ1) is 26.1. The lowest BCUT2D eigenvalue weighted by Gasteiger charge is -2.32. The summed E-state index contributed by atoms with van der Waals surface area (Å²) in [5.74, 6) is 0.493. The molecule has 0 atom stereocenters. The molecule has 37 heavy (non-hydrogen) atoms. The van der Waals surface area contributed by atoms with Gasteiger partial charge in [-0.15, -0.1) is 0 Å². The van der Waals surface area contributed by atoms with Crippen LogP contribution in [0.5, 0.6) is 0 Å². The standard InChI is InChI=1S/C30H30Cl3N3O/c1-19(2)30(37)34-24-6-3-5-21(15-24)20-11-13-35(14-12-20)17-22-18-36(27-8-4-7-26(32)29(27)33)28-16-23(31)9-10-25(22)28/h3-10,15-16,18-20H,11-14,17H2,1-2H3,(H,34,37). The van der Waals surface area contributed by atoms with Crippen LogP contribution in [0.4, 0.5) is 5.69 Å². The van der Waals surface area contributed by atoms with Gasteiger partial charge in [0.1, 0.15) is 0 Å². The Morgan fingerprint density at radius 1 is 1.00 bits per heavy atom. The van der Waals surface area contributed by atoms with Gasteiger partial charge in [-0.3, -0.25) is 9.69 Å². The number of piperidine rings is 1. The van der Waals surface area contributed by atoms with Crippen molar-refractivity contribution in [3.8, 4) is 5.69 Å². The number of nitrogens with one attached hydrogen (secondary N) is 1. The van der Waals surface area contributed by atoms with Crippen molar-refractivity contribution in [2.45, 2.75) is 39.2 Å². The molecule has 0 spiro atoms. The second-order valence-corrected chi connectivity index (χ2v) is 11.3. The van der Waals surface area contributed by atoms with E-state index in [1.165, 1.54) is 11.1 Å². The Morgan fingerprint density at radius 2 is 1.76 bits per heavy atom. The first-order chi connectivity index (χ1) is 17.8. The number of carbonyl (C=O) groups is 1.